The topological polar surface area (TPSA) is 26.0 Å². The average molecular weight is 393 g/mol. The zero-order valence-corrected chi connectivity index (χ0v) is 18.2. The quantitative estimate of drug-likeness (QED) is 0.266. The molecule has 0 unspecified atom stereocenters. The highest BCUT2D eigenvalue weighted by atomic mass is 79.9. The van der Waals surface area contributed by atoms with Crippen LogP contribution >= 0.6 is 17.0 Å². The molecule has 0 atom stereocenters. The summed E-state index contributed by atoms with van der Waals surface area (Å²) in [5.41, 5.74) is 6.03. The lowest BCUT2D eigenvalue weighted by Gasteiger charge is -2.17. The molecule has 0 saturated carbocycles. The molecule has 0 aliphatic heterocycles. The first-order valence-corrected chi connectivity index (χ1v) is 10.3. The number of rotatable bonds is 16. The minimum atomic E-state index is 0. The fourth-order valence-corrected chi connectivity index (χ4v) is 3.10. The molecule has 23 heavy (non-hydrogen) atoms. The summed E-state index contributed by atoms with van der Waals surface area (Å²) >= 11 is 0. The Morgan fingerprint density at radius 3 is 1.00 bits per heavy atom. The van der Waals surface area contributed by atoms with Gasteiger partial charge in [0, 0.05) is 0 Å². The van der Waals surface area contributed by atoms with Gasteiger partial charge in [0.25, 0.3) is 0 Å². The molecular weight excluding hydrogens is 346 g/mol. The summed E-state index contributed by atoms with van der Waals surface area (Å²) < 4.78 is 0. The molecule has 0 rings (SSSR count). The molecule has 2 heteroatoms. The number of unbranched alkanes of at least 4 members (excludes halogenated alkanes) is 14. The summed E-state index contributed by atoms with van der Waals surface area (Å²) in [5, 5.41) is 0. The first-order valence-electron chi connectivity index (χ1n) is 10.3. The van der Waals surface area contributed by atoms with E-state index in [-0.39, 0.29) is 17.0 Å². The second-order valence-electron chi connectivity index (χ2n) is 8.40. The van der Waals surface area contributed by atoms with Gasteiger partial charge in [-0.3, -0.25) is 0 Å². The van der Waals surface area contributed by atoms with Gasteiger partial charge in [-0.2, -0.15) is 0 Å². The van der Waals surface area contributed by atoms with Crippen LogP contribution in [0.15, 0.2) is 0 Å². The second kappa shape index (κ2) is 18.8. The van der Waals surface area contributed by atoms with E-state index in [9.17, 15) is 0 Å². The van der Waals surface area contributed by atoms with E-state index >= 15 is 0 Å². The van der Waals surface area contributed by atoms with Crippen molar-refractivity contribution >= 4 is 17.0 Å². The molecule has 0 spiro atoms. The van der Waals surface area contributed by atoms with Crippen LogP contribution in [0.1, 0.15) is 124 Å². The molecule has 0 aliphatic rings. The largest absolute Gasteiger partial charge is 0.330 e. The Balaban J connectivity index is 0. The second-order valence-corrected chi connectivity index (χ2v) is 8.40. The first kappa shape index (κ1) is 25.7. The molecule has 0 aromatic carbocycles. The minimum absolute atomic E-state index is 0. The summed E-state index contributed by atoms with van der Waals surface area (Å²) in [7, 11) is 0. The highest BCUT2D eigenvalue weighted by Crippen LogP contribution is 2.22. The monoisotopic (exact) mass is 391 g/mol. The van der Waals surface area contributed by atoms with Crippen LogP contribution in [-0.4, -0.2) is 6.54 Å². The summed E-state index contributed by atoms with van der Waals surface area (Å²) in [6.07, 6.45) is 22.8. The normalized spacial score (nSPS) is 11.5. The molecule has 0 fully saturated rings. The zero-order valence-electron chi connectivity index (χ0n) is 16.5. The van der Waals surface area contributed by atoms with Crippen LogP contribution in [0.2, 0.25) is 0 Å². The van der Waals surface area contributed by atoms with Crippen molar-refractivity contribution in [3.63, 3.8) is 0 Å². The molecule has 0 aromatic rings. The summed E-state index contributed by atoms with van der Waals surface area (Å²) in [6, 6.07) is 0. The van der Waals surface area contributed by atoms with Crippen molar-refractivity contribution in [3.8, 4) is 0 Å². The SMILES string of the molecule is Br.CC(C)(C)CCCCCCCCCCCCCCCCCN. The van der Waals surface area contributed by atoms with E-state index in [1.54, 1.807) is 0 Å². The Labute approximate surface area is 158 Å². The predicted octanol–water partition coefficient (Wildman–Crippen LogP) is 7.81. The standard InChI is InChI=1S/C21H45N.BrH/c1-21(2,3)19-17-15-13-11-9-7-5-4-6-8-10-12-14-16-18-20-22;/h4-20,22H2,1-3H3;1H. The third-order valence-electron chi connectivity index (χ3n) is 4.63. The van der Waals surface area contributed by atoms with Crippen LogP contribution in [-0.2, 0) is 0 Å². The van der Waals surface area contributed by atoms with Crippen LogP contribution in [0, 0.1) is 5.41 Å². The number of nitrogens with two attached hydrogens (primary N) is 1. The highest BCUT2D eigenvalue weighted by molar-refractivity contribution is 8.93. The molecule has 0 aromatic heterocycles. The van der Waals surface area contributed by atoms with Crippen molar-refractivity contribution in [2.45, 2.75) is 124 Å². The van der Waals surface area contributed by atoms with E-state index in [4.69, 9.17) is 5.73 Å². The molecule has 0 heterocycles. The van der Waals surface area contributed by atoms with Crippen LogP contribution in [0.5, 0.6) is 0 Å². The van der Waals surface area contributed by atoms with E-state index in [1.165, 1.54) is 103 Å². The lowest BCUT2D eigenvalue weighted by molar-refractivity contribution is 0.356. The minimum Gasteiger partial charge on any atom is -0.330 e. The van der Waals surface area contributed by atoms with Crippen LogP contribution in [0.25, 0.3) is 0 Å². The number of hydrogen-bond acceptors (Lipinski definition) is 1. The average Bonchev–Trinajstić information content (AvgIpc) is 2.45. The van der Waals surface area contributed by atoms with Gasteiger partial charge >= 0.3 is 0 Å². The number of hydrogen-bond donors (Lipinski definition) is 1. The Bertz CT molecular complexity index is 210. The molecule has 0 radical (unpaired) electrons. The third kappa shape index (κ3) is 24.8. The van der Waals surface area contributed by atoms with Gasteiger partial charge < -0.3 is 5.73 Å². The van der Waals surface area contributed by atoms with Crippen molar-refractivity contribution < 1.29 is 0 Å². The van der Waals surface area contributed by atoms with Gasteiger partial charge in [-0.15, -0.1) is 17.0 Å². The molecule has 0 saturated heterocycles. The van der Waals surface area contributed by atoms with E-state index in [1.807, 2.05) is 0 Å². The van der Waals surface area contributed by atoms with Gasteiger partial charge in [-0.25, -0.2) is 0 Å². The Hall–Kier alpha value is 0.440. The van der Waals surface area contributed by atoms with Crippen molar-refractivity contribution in [2.24, 2.45) is 11.1 Å². The highest BCUT2D eigenvalue weighted by Gasteiger charge is 2.08. The summed E-state index contributed by atoms with van der Waals surface area (Å²) in [6.45, 7) is 7.93. The van der Waals surface area contributed by atoms with Crippen molar-refractivity contribution in [2.75, 3.05) is 6.54 Å². The molecule has 0 bridgehead atoms. The van der Waals surface area contributed by atoms with Crippen LogP contribution in [0.3, 0.4) is 0 Å². The molecule has 1 nitrogen and oxygen atoms in total. The fraction of sp³-hybridized carbons (Fsp3) is 1.00. The fourth-order valence-electron chi connectivity index (χ4n) is 3.10. The first-order chi connectivity index (χ1) is 10.6. The Morgan fingerprint density at radius 2 is 0.739 bits per heavy atom. The van der Waals surface area contributed by atoms with Crippen molar-refractivity contribution in [3.05, 3.63) is 0 Å². The van der Waals surface area contributed by atoms with E-state index < -0.39 is 0 Å². The van der Waals surface area contributed by atoms with Gasteiger partial charge in [-0.1, -0.05) is 111 Å². The van der Waals surface area contributed by atoms with Gasteiger partial charge in [0.15, 0.2) is 0 Å². The lowest BCUT2D eigenvalue weighted by Crippen LogP contribution is -2.03. The molecule has 2 N–H and O–H groups in total. The molecule has 142 valence electrons. The van der Waals surface area contributed by atoms with E-state index in [0.29, 0.717) is 5.41 Å². The molecule has 0 aliphatic carbocycles. The van der Waals surface area contributed by atoms with Gasteiger partial charge in [0.2, 0.25) is 0 Å². The Morgan fingerprint density at radius 1 is 0.478 bits per heavy atom. The van der Waals surface area contributed by atoms with E-state index in [0.717, 1.165) is 6.54 Å². The van der Waals surface area contributed by atoms with Crippen molar-refractivity contribution in [1.82, 2.24) is 0 Å². The van der Waals surface area contributed by atoms with Gasteiger partial charge in [0.05, 0.1) is 0 Å². The van der Waals surface area contributed by atoms with Gasteiger partial charge in [0.1, 0.15) is 0 Å². The molecule has 0 amide bonds. The van der Waals surface area contributed by atoms with Gasteiger partial charge in [-0.05, 0) is 24.8 Å². The van der Waals surface area contributed by atoms with E-state index in [2.05, 4.69) is 20.8 Å². The maximum Gasteiger partial charge on any atom is -0.00773 e. The van der Waals surface area contributed by atoms with Crippen LogP contribution < -0.4 is 5.73 Å². The molecular formula is C21H46BrN. The summed E-state index contributed by atoms with van der Waals surface area (Å²) in [5.74, 6) is 0. The predicted molar refractivity (Wildman–Crippen MR) is 113 cm³/mol. The maximum absolute atomic E-state index is 5.50. The third-order valence-corrected chi connectivity index (χ3v) is 4.63. The number of halogens is 1. The van der Waals surface area contributed by atoms with Crippen LogP contribution in [0.4, 0.5) is 0 Å². The summed E-state index contributed by atoms with van der Waals surface area (Å²) in [4.78, 5) is 0. The zero-order chi connectivity index (χ0) is 16.5. The van der Waals surface area contributed by atoms with Crippen molar-refractivity contribution in [1.29, 1.82) is 0 Å². The maximum atomic E-state index is 5.50. The smallest absolute Gasteiger partial charge is 0.00773 e. The lowest BCUT2D eigenvalue weighted by atomic mass is 9.89. The Kier molecular flexibility index (Phi) is 21.0.